The molecule has 0 saturated carbocycles. The molecule has 0 bridgehead atoms. The van der Waals surface area contributed by atoms with Gasteiger partial charge in [0.15, 0.2) is 5.60 Å². The Bertz CT molecular complexity index is 778. The summed E-state index contributed by atoms with van der Waals surface area (Å²) < 4.78 is 5.70. The fraction of sp³-hybridized carbons (Fsp3) is 0.278. The van der Waals surface area contributed by atoms with Crippen molar-refractivity contribution in [2.75, 3.05) is 18.4 Å². The summed E-state index contributed by atoms with van der Waals surface area (Å²) in [6.07, 6.45) is 0. The lowest BCUT2D eigenvalue weighted by Gasteiger charge is -2.25. The summed E-state index contributed by atoms with van der Waals surface area (Å²) in [5.74, 6) is 0.240. The fourth-order valence-electron chi connectivity index (χ4n) is 2.21. The minimum absolute atomic E-state index is 0.00905. The molecule has 0 atom stereocenters. The van der Waals surface area contributed by atoms with E-state index < -0.39 is 10.5 Å². The minimum atomic E-state index is -1.08. The smallest absolute Gasteiger partial charge is 0.292 e. The molecule has 1 amide bonds. The van der Waals surface area contributed by atoms with Gasteiger partial charge in [-0.25, -0.2) is 0 Å². The number of amides is 1. The molecule has 26 heavy (non-hydrogen) atoms. The number of carbonyl (C=O) groups excluding carboxylic acids is 1. The van der Waals surface area contributed by atoms with Crippen LogP contribution in [-0.4, -0.2) is 29.5 Å². The van der Waals surface area contributed by atoms with Gasteiger partial charge >= 0.3 is 0 Å². The highest BCUT2D eigenvalue weighted by Crippen LogP contribution is 2.23. The third kappa shape index (κ3) is 5.35. The van der Waals surface area contributed by atoms with Crippen molar-refractivity contribution in [2.24, 2.45) is 0 Å². The normalized spacial score (nSPS) is 10.9. The number of halogens is 1. The second-order valence-electron chi connectivity index (χ2n) is 6.02. The third-order valence-electron chi connectivity index (χ3n) is 3.56. The maximum Gasteiger partial charge on any atom is 0.292 e. The summed E-state index contributed by atoms with van der Waals surface area (Å²) in [5.41, 5.74) is -0.680. The molecule has 0 aliphatic rings. The quantitative estimate of drug-likeness (QED) is 0.416. The van der Waals surface area contributed by atoms with Crippen LogP contribution in [0.15, 0.2) is 48.5 Å². The van der Waals surface area contributed by atoms with Crippen LogP contribution in [-0.2, 0) is 4.79 Å². The summed E-state index contributed by atoms with van der Waals surface area (Å²) in [4.78, 5) is 22.8. The molecule has 0 spiro atoms. The molecule has 2 aromatic rings. The predicted octanol–water partition coefficient (Wildman–Crippen LogP) is 3.63. The number of nitrogens with one attached hydrogen (secondary N) is 2. The van der Waals surface area contributed by atoms with Crippen LogP contribution in [0.4, 0.5) is 11.4 Å². The van der Waals surface area contributed by atoms with Crippen molar-refractivity contribution in [1.29, 1.82) is 0 Å². The van der Waals surface area contributed by atoms with Gasteiger partial charge in [0.05, 0.1) is 4.92 Å². The first-order chi connectivity index (χ1) is 12.3. The van der Waals surface area contributed by atoms with Gasteiger partial charge in [0.1, 0.15) is 11.4 Å². The van der Waals surface area contributed by atoms with E-state index in [9.17, 15) is 14.9 Å². The molecule has 2 rings (SSSR count). The predicted molar refractivity (Wildman–Crippen MR) is 101 cm³/mol. The summed E-state index contributed by atoms with van der Waals surface area (Å²) in [7, 11) is 0. The van der Waals surface area contributed by atoms with Gasteiger partial charge in [-0.1, -0.05) is 23.7 Å². The molecule has 0 unspecified atom stereocenters. The zero-order valence-electron chi connectivity index (χ0n) is 14.5. The van der Waals surface area contributed by atoms with Gasteiger partial charge in [-0.2, -0.15) is 0 Å². The lowest BCUT2D eigenvalue weighted by atomic mass is 10.1. The van der Waals surface area contributed by atoms with E-state index >= 15 is 0 Å². The van der Waals surface area contributed by atoms with Crippen molar-refractivity contribution in [3.05, 3.63) is 63.7 Å². The Kier molecular flexibility index (Phi) is 6.41. The number of hydrogen-bond acceptors (Lipinski definition) is 5. The SMILES string of the molecule is CC(C)(Oc1ccc(Cl)cc1)C(=O)NCCNc1ccccc1[N+](=O)[O-]. The molecular formula is C18H20ClN3O4. The molecule has 0 radical (unpaired) electrons. The van der Waals surface area contributed by atoms with Crippen LogP contribution in [0.2, 0.25) is 5.02 Å². The number of anilines is 1. The Morgan fingerprint density at radius 2 is 1.81 bits per heavy atom. The van der Waals surface area contributed by atoms with Crippen molar-refractivity contribution in [3.8, 4) is 5.75 Å². The average Bonchev–Trinajstić information content (AvgIpc) is 2.60. The van der Waals surface area contributed by atoms with Crippen molar-refractivity contribution >= 4 is 28.9 Å². The number of nitro groups is 1. The summed E-state index contributed by atoms with van der Waals surface area (Å²) in [6.45, 7) is 3.95. The van der Waals surface area contributed by atoms with Gasteiger partial charge in [0, 0.05) is 24.2 Å². The number of para-hydroxylation sites is 2. The Hall–Kier alpha value is -2.80. The number of nitrogens with zero attached hydrogens (tertiary/aromatic N) is 1. The van der Waals surface area contributed by atoms with Crippen LogP contribution in [0.3, 0.4) is 0 Å². The van der Waals surface area contributed by atoms with Crippen molar-refractivity contribution in [3.63, 3.8) is 0 Å². The van der Waals surface area contributed by atoms with E-state index in [4.69, 9.17) is 16.3 Å². The zero-order chi connectivity index (χ0) is 19.2. The van der Waals surface area contributed by atoms with Crippen molar-refractivity contribution in [1.82, 2.24) is 5.32 Å². The number of hydrogen-bond donors (Lipinski definition) is 2. The van der Waals surface area contributed by atoms with Gasteiger partial charge in [-0.3, -0.25) is 14.9 Å². The van der Waals surface area contributed by atoms with E-state index in [1.165, 1.54) is 6.07 Å². The first kappa shape index (κ1) is 19.5. The molecule has 0 heterocycles. The summed E-state index contributed by atoms with van der Waals surface area (Å²) in [5, 5.41) is 17.2. The lowest BCUT2D eigenvalue weighted by molar-refractivity contribution is -0.384. The topological polar surface area (TPSA) is 93.5 Å². The van der Waals surface area contributed by atoms with Crippen molar-refractivity contribution in [2.45, 2.75) is 19.4 Å². The van der Waals surface area contributed by atoms with Crippen LogP contribution in [0.1, 0.15) is 13.8 Å². The van der Waals surface area contributed by atoms with E-state index in [2.05, 4.69) is 10.6 Å². The minimum Gasteiger partial charge on any atom is -0.478 e. The number of nitro benzene ring substituents is 1. The van der Waals surface area contributed by atoms with Crippen LogP contribution in [0.25, 0.3) is 0 Å². The number of benzene rings is 2. The second-order valence-corrected chi connectivity index (χ2v) is 6.46. The van der Waals surface area contributed by atoms with Gasteiger partial charge in [-0.05, 0) is 44.2 Å². The fourth-order valence-corrected chi connectivity index (χ4v) is 2.34. The molecule has 0 aromatic heterocycles. The standard InChI is InChI=1S/C18H20ClN3O4/c1-18(2,26-14-9-7-13(19)8-10-14)17(23)21-12-11-20-15-5-3-4-6-16(15)22(24)25/h3-10,20H,11-12H2,1-2H3,(H,21,23). The van der Waals surface area contributed by atoms with Crippen LogP contribution >= 0.6 is 11.6 Å². The van der Waals surface area contributed by atoms with E-state index in [-0.39, 0.29) is 18.1 Å². The highest BCUT2D eigenvalue weighted by Gasteiger charge is 2.29. The average molecular weight is 378 g/mol. The molecule has 8 heteroatoms. The highest BCUT2D eigenvalue weighted by molar-refractivity contribution is 6.30. The maximum absolute atomic E-state index is 12.3. The molecule has 2 N–H and O–H groups in total. The highest BCUT2D eigenvalue weighted by atomic mass is 35.5. The van der Waals surface area contributed by atoms with Crippen LogP contribution < -0.4 is 15.4 Å². The lowest BCUT2D eigenvalue weighted by Crippen LogP contribution is -2.47. The molecule has 0 fully saturated rings. The third-order valence-corrected chi connectivity index (χ3v) is 3.81. The van der Waals surface area contributed by atoms with E-state index in [0.717, 1.165) is 0 Å². The van der Waals surface area contributed by atoms with Gasteiger partial charge in [0.25, 0.3) is 11.6 Å². The van der Waals surface area contributed by atoms with Crippen molar-refractivity contribution < 1.29 is 14.5 Å². The first-order valence-electron chi connectivity index (χ1n) is 8.00. The Morgan fingerprint density at radius 1 is 1.15 bits per heavy atom. The van der Waals surface area contributed by atoms with E-state index in [1.54, 1.807) is 56.3 Å². The Labute approximate surface area is 156 Å². The molecule has 0 aliphatic carbocycles. The Balaban J connectivity index is 1.84. The zero-order valence-corrected chi connectivity index (χ0v) is 15.2. The van der Waals surface area contributed by atoms with E-state index in [1.807, 2.05) is 0 Å². The molecular weight excluding hydrogens is 358 g/mol. The first-order valence-corrected chi connectivity index (χ1v) is 8.37. The molecule has 2 aromatic carbocycles. The monoisotopic (exact) mass is 377 g/mol. The van der Waals surface area contributed by atoms with Gasteiger partial charge in [0.2, 0.25) is 0 Å². The second kappa shape index (κ2) is 8.53. The largest absolute Gasteiger partial charge is 0.478 e. The summed E-state index contributed by atoms with van der Waals surface area (Å²) in [6, 6.07) is 13.1. The van der Waals surface area contributed by atoms with Gasteiger partial charge < -0.3 is 15.4 Å². The number of carbonyl (C=O) groups is 1. The molecule has 0 saturated heterocycles. The van der Waals surface area contributed by atoms with Crippen LogP contribution in [0, 0.1) is 10.1 Å². The maximum atomic E-state index is 12.3. The van der Waals surface area contributed by atoms with E-state index in [0.29, 0.717) is 23.0 Å². The summed E-state index contributed by atoms with van der Waals surface area (Å²) >= 11 is 5.83. The molecule has 138 valence electrons. The number of ether oxygens (including phenoxy) is 1. The van der Waals surface area contributed by atoms with Gasteiger partial charge in [-0.15, -0.1) is 0 Å². The van der Waals surface area contributed by atoms with Crippen LogP contribution in [0.5, 0.6) is 5.75 Å². The Morgan fingerprint density at radius 3 is 2.46 bits per heavy atom. The molecule has 0 aliphatic heterocycles. The molecule has 7 nitrogen and oxygen atoms in total. The number of rotatable bonds is 8.